The molecule has 21 heavy (non-hydrogen) atoms. The number of halogens is 2. The standard InChI is InChI=1S/C11H7BrFN3O4S/c12-7-1-4-11(14-6-7)15-21(19,20)10-3-2-8(13)5-9(10)16(17)18/h1-6H,(H,14,15). The SMILES string of the molecule is O=[N+]([O-])c1cc(F)ccc1S(=O)(=O)Nc1ccc(Br)cn1. The molecule has 0 bridgehead atoms. The smallest absolute Gasteiger partial charge is 0.263 e. The van der Waals surface area contributed by atoms with Crippen LogP contribution in [0.5, 0.6) is 0 Å². The largest absolute Gasteiger partial charge is 0.292 e. The van der Waals surface area contributed by atoms with Crippen molar-refractivity contribution < 1.29 is 17.7 Å². The minimum atomic E-state index is -4.25. The Morgan fingerprint density at radius 1 is 1.29 bits per heavy atom. The van der Waals surface area contributed by atoms with E-state index >= 15 is 0 Å². The van der Waals surface area contributed by atoms with Crippen molar-refractivity contribution in [1.82, 2.24) is 4.98 Å². The van der Waals surface area contributed by atoms with E-state index in [2.05, 4.69) is 25.6 Å². The van der Waals surface area contributed by atoms with Crippen molar-refractivity contribution >= 4 is 37.5 Å². The molecule has 0 amide bonds. The molecule has 7 nitrogen and oxygen atoms in total. The number of anilines is 1. The molecule has 0 aliphatic heterocycles. The van der Waals surface area contributed by atoms with Crippen molar-refractivity contribution in [3.05, 3.63) is 56.9 Å². The zero-order chi connectivity index (χ0) is 15.6. The summed E-state index contributed by atoms with van der Waals surface area (Å²) in [7, 11) is -4.25. The molecule has 10 heteroatoms. The Morgan fingerprint density at radius 3 is 2.57 bits per heavy atom. The van der Waals surface area contributed by atoms with E-state index in [0.717, 1.165) is 12.1 Å². The van der Waals surface area contributed by atoms with Gasteiger partial charge < -0.3 is 0 Å². The van der Waals surface area contributed by atoms with Crippen LogP contribution in [0, 0.1) is 15.9 Å². The Morgan fingerprint density at radius 2 is 2.00 bits per heavy atom. The average Bonchev–Trinajstić information content (AvgIpc) is 2.40. The van der Waals surface area contributed by atoms with Crippen LogP contribution in [0.2, 0.25) is 0 Å². The van der Waals surface area contributed by atoms with Crippen molar-refractivity contribution in [3.8, 4) is 0 Å². The maximum absolute atomic E-state index is 13.0. The quantitative estimate of drug-likeness (QED) is 0.653. The van der Waals surface area contributed by atoms with Crippen molar-refractivity contribution in [1.29, 1.82) is 0 Å². The van der Waals surface area contributed by atoms with Crippen LogP contribution in [-0.2, 0) is 10.0 Å². The van der Waals surface area contributed by atoms with Gasteiger partial charge in [-0.25, -0.2) is 17.8 Å². The van der Waals surface area contributed by atoms with Gasteiger partial charge in [-0.1, -0.05) is 0 Å². The van der Waals surface area contributed by atoms with Crippen molar-refractivity contribution in [2.75, 3.05) is 4.72 Å². The number of benzene rings is 1. The Balaban J connectivity index is 2.44. The van der Waals surface area contributed by atoms with Crippen LogP contribution in [0.15, 0.2) is 45.9 Å². The van der Waals surface area contributed by atoms with Gasteiger partial charge in [0.1, 0.15) is 11.6 Å². The summed E-state index contributed by atoms with van der Waals surface area (Å²) in [5, 5.41) is 10.8. The number of rotatable bonds is 4. The Hall–Kier alpha value is -2.07. The highest BCUT2D eigenvalue weighted by atomic mass is 79.9. The third-order valence-corrected chi connectivity index (χ3v) is 4.24. The zero-order valence-electron chi connectivity index (χ0n) is 10.2. The maximum Gasteiger partial charge on any atom is 0.292 e. The molecular weight excluding hydrogens is 369 g/mol. The Kier molecular flexibility index (Phi) is 4.19. The van der Waals surface area contributed by atoms with Gasteiger partial charge in [0, 0.05) is 10.7 Å². The van der Waals surface area contributed by atoms with E-state index in [9.17, 15) is 22.9 Å². The molecule has 2 aromatic rings. The van der Waals surface area contributed by atoms with E-state index in [4.69, 9.17) is 0 Å². The molecule has 1 N–H and O–H groups in total. The summed E-state index contributed by atoms with van der Waals surface area (Å²) in [6, 6.07) is 5.12. The summed E-state index contributed by atoms with van der Waals surface area (Å²) in [4.78, 5) is 13.0. The average molecular weight is 376 g/mol. The summed E-state index contributed by atoms with van der Waals surface area (Å²) in [6.45, 7) is 0. The summed E-state index contributed by atoms with van der Waals surface area (Å²) >= 11 is 3.14. The van der Waals surface area contributed by atoms with Gasteiger partial charge >= 0.3 is 0 Å². The molecule has 0 unspecified atom stereocenters. The first-order valence-electron chi connectivity index (χ1n) is 5.38. The number of nitrogens with one attached hydrogen (secondary N) is 1. The van der Waals surface area contributed by atoms with E-state index in [1.54, 1.807) is 6.07 Å². The highest BCUT2D eigenvalue weighted by Crippen LogP contribution is 2.26. The van der Waals surface area contributed by atoms with Crippen molar-refractivity contribution in [3.63, 3.8) is 0 Å². The molecule has 0 aliphatic rings. The molecule has 0 aliphatic carbocycles. The van der Waals surface area contributed by atoms with Crippen LogP contribution in [0.25, 0.3) is 0 Å². The lowest BCUT2D eigenvalue weighted by atomic mass is 10.3. The molecule has 1 aromatic heterocycles. The predicted octanol–water partition coefficient (Wildman–Crippen LogP) is 2.69. The lowest BCUT2D eigenvalue weighted by Crippen LogP contribution is -2.15. The normalized spacial score (nSPS) is 11.1. The molecule has 2 rings (SSSR count). The Bertz CT molecular complexity index is 796. The molecule has 0 spiro atoms. The maximum atomic E-state index is 13.0. The van der Waals surface area contributed by atoms with E-state index in [1.807, 2.05) is 0 Å². The summed E-state index contributed by atoms with van der Waals surface area (Å²) in [6.07, 6.45) is 1.36. The molecule has 0 atom stereocenters. The lowest BCUT2D eigenvalue weighted by molar-refractivity contribution is -0.388. The van der Waals surface area contributed by atoms with Gasteiger partial charge in [-0.2, -0.15) is 0 Å². The number of sulfonamides is 1. The summed E-state index contributed by atoms with van der Waals surface area (Å²) in [5.74, 6) is -0.917. The number of nitro groups is 1. The second-order valence-corrected chi connectivity index (χ2v) is 6.40. The second kappa shape index (κ2) is 5.74. The van der Waals surface area contributed by atoms with Crippen LogP contribution in [0.1, 0.15) is 0 Å². The highest BCUT2D eigenvalue weighted by Gasteiger charge is 2.26. The minimum Gasteiger partial charge on any atom is -0.263 e. The zero-order valence-corrected chi connectivity index (χ0v) is 12.6. The molecule has 0 saturated heterocycles. The number of pyridine rings is 1. The van der Waals surface area contributed by atoms with E-state index in [-0.39, 0.29) is 5.82 Å². The molecule has 0 fully saturated rings. The number of nitro benzene ring substituents is 1. The third-order valence-electron chi connectivity index (χ3n) is 2.37. The minimum absolute atomic E-state index is 0.0168. The topological polar surface area (TPSA) is 102 Å². The second-order valence-electron chi connectivity index (χ2n) is 3.84. The van der Waals surface area contributed by atoms with Crippen LogP contribution >= 0.6 is 15.9 Å². The van der Waals surface area contributed by atoms with Gasteiger partial charge in [0.15, 0.2) is 4.90 Å². The van der Waals surface area contributed by atoms with Gasteiger partial charge in [-0.15, -0.1) is 0 Å². The predicted molar refractivity (Wildman–Crippen MR) is 75.8 cm³/mol. The van der Waals surface area contributed by atoms with Gasteiger partial charge in [-0.05, 0) is 40.2 Å². The fraction of sp³-hybridized carbons (Fsp3) is 0. The van der Waals surface area contributed by atoms with E-state index in [1.165, 1.54) is 12.3 Å². The fourth-order valence-corrected chi connectivity index (χ4v) is 2.89. The number of hydrogen-bond acceptors (Lipinski definition) is 5. The first-order valence-corrected chi connectivity index (χ1v) is 7.65. The van der Waals surface area contributed by atoms with Gasteiger partial charge in [0.25, 0.3) is 15.7 Å². The van der Waals surface area contributed by atoms with Crippen molar-refractivity contribution in [2.24, 2.45) is 0 Å². The van der Waals surface area contributed by atoms with Crippen LogP contribution in [0.4, 0.5) is 15.9 Å². The summed E-state index contributed by atoms with van der Waals surface area (Å²) in [5.41, 5.74) is -0.848. The fourth-order valence-electron chi connectivity index (χ4n) is 1.49. The van der Waals surface area contributed by atoms with Crippen molar-refractivity contribution in [2.45, 2.75) is 4.90 Å². The molecule has 0 saturated carbocycles. The van der Waals surface area contributed by atoms with Gasteiger partial charge in [0.2, 0.25) is 0 Å². The number of hydrogen-bond donors (Lipinski definition) is 1. The molecule has 110 valence electrons. The van der Waals surface area contributed by atoms with Crippen LogP contribution in [-0.4, -0.2) is 18.3 Å². The monoisotopic (exact) mass is 375 g/mol. The highest BCUT2D eigenvalue weighted by molar-refractivity contribution is 9.10. The first kappa shape index (κ1) is 15.3. The van der Waals surface area contributed by atoms with Crippen LogP contribution < -0.4 is 4.72 Å². The number of nitrogens with zero attached hydrogens (tertiary/aromatic N) is 2. The lowest BCUT2D eigenvalue weighted by Gasteiger charge is -2.07. The number of aromatic nitrogens is 1. The molecular formula is C11H7BrFN3O4S. The van der Waals surface area contributed by atoms with Crippen LogP contribution in [0.3, 0.4) is 0 Å². The third kappa shape index (κ3) is 3.52. The van der Waals surface area contributed by atoms with E-state index < -0.39 is 31.3 Å². The molecule has 1 aromatic carbocycles. The summed E-state index contributed by atoms with van der Waals surface area (Å²) < 4.78 is 40.0. The molecule has 0 radical (unpaired) electrons. The van der Waals surface area contributed by atoms with E-state index in [0.29, 0.717) is 10.5 Å². The Labute approximate surface area is 127 Å². The van der Waals surface area contributed by atoms with Gasteiger partial charge in [-0.3, -0.25) is 14.8 Å². The first-order chi connectivity index (χ1) is 9.79. The van der Waals surface area contributed by atoms with Gasteiger partial charge in [0.05, 0.1) is 11.0 Å². The molecule has 1 heterocycles.